The molecule has 2 N–H and O–H groups in total. The smallest absolute Gasteiger partial charge is 0.169 e. The van der Waals surface area contributed by atoms with Crippen molar-refractivity contribution in [1.82, 2.24) is 4.98 Å². The van der Waals surface area contributed by atoms with E-state index in [1.165, 1.54) is 67.1 Å². The van der Waals surface area contributed by atoms with Gasteiger partial charge in [-0.15, -0.1) is 0 Å². The fraction of sp³-hybridized carbons (Fsp3) is 0.400. The first-order valence-electron chi connectivity index (χ1n) is 11.2. The number of fused-ring (bicyclic) bond motifs is 2. The SMILES string of the molecule is O/N=C/c1cc[n+](CCCCCCNc2c3c(nc4ccccc24)CCCC3)cc1. The molecule has 0 amide bonds. The molecule has 1 aliphatic rings. The molecule has 3 aromatic rings. The Labute approximate surface area is 178 Å². The number of benzene rings is 1. The van der Waals surface area contributed by atoms with Gasteiger partial charge in [0, 0.05) is 47.4 Å². The molecule has 0 aliphatic heterocycles. The number of hydrogen-bond donors (Lipinski definition) is 2. The van der Waals surface area contributed by atoms with Crippen molar-refractivity contribution in [1.29, 1.82) is 0 Å². The number of aromatic nitrogens is 2. The van der Waals surface area contributed by atoms with Crippen molar-refractivity contribution in [2.24, 2.45) is 5.16 Å². The average molecular weight is 404 g/mol. The van der Waals surface area contributed by atoms with Crippen LogP contribution in [0.2, 0.25) is 0 Å². The number of nitrogens with one attached hydrogen (secondary N) is 1. The minimum atomic E-state index is 0.908. The number of anilines is 1. The number of para-hydroxylation sites is 1. The third kappa shape index (κ3) is 4.96. The fourth-order valence-electron chi connectivity index (χ4n) is 4.33. The summed E-state index contributed by atoms with van der Waals surface area (Å²) in [4.78, 5) is 4.93. The number of unbranched alkanes of at least 4 members (excludes halogenated alkanes) is 3. The van der Waals surface area contributed by atoms with Crippen molar-refractivity contribution in [3.63, 3.8) is 0 Å². The second kappa shape index (κ2) is 10.2. The highest BCUT2D eigenvalue weighted by Gasteiger charge is 2.17. The summed E-state index contributed by atoms with van der Waals surface area (Å²) in [6.45, 7) is 2.04. The van der Waals surface area contributed by atoms with Gasteiger partial charge in [-0.25, -0.2) is 4.57 Å². The van der Waals surface area contributed by atoms with Crippen LogP contribution in [0.1, 0.15) is 55.3 Å². The number of nitrogens with zero attached hydrogens (tertiary/aromatic N) is 3. The van der Waals surface area contributed by atoms with Crippen LogP contribution >= 0.6 is 0 Å². The van der Waals surface area contributed by atoms with Crippen LogP contribution in [0.25, 0.3) is 10.9 Å². The summed E-state index contributed by atoms with van der Waals surface area (Å²) in [5.74, 6) is 0. The minimum Gasteiger partial charge on any atom is -0.411 e. The van der Waals surface area contributed by atoms with Gasteiger partial charge in [-0.05, 0) is 50.2 Å². The van der Waals surface area contributed by atoms with E-state index in [0.717, 1.165) is 37.0 Å². The van der Waals surface area contributed by atoms with E-state index in [1.807, 2.05) is 24.5 Å². The number of hydrogen-bond acceptors (Lipinski definition) is 4. The fourth-order valence-corrected chi connectivity index (χ4v) is 4.33. The van der Waals surface area contributed by atoms with E-state index in [2.05, 4.69) is 39.3 Å². The van der Waals surface area contributed by atoms with E-state index in [0.29, 0.717) is 0 Å². The van der Waals surface area contributed by atoms with Gasteiger partial charge < -0.3 is 10.5 Å². The zero-order valence-electron chi connectivity index (χ0n) is 17.6. The van der Waals surface area contributed by atoms with Crippen LogP contribution in [0.5, 0.6) is 0 Å². The van der Waals surface area contributed by atoms with Gasteiger partial charge in [0.2, 0.25) is 0 Å². The van der Waals surface area contributed by atoms with Gasteiger partial charge in [0.25, 0.3) is 0 Å². The monoisotopic (exact) mass is 403 g/mol. The van der Waals surface area contributed by atoms with Crippen molar-refractivity contribution in [3.05, 3.63) is 65.6 Å². The second-order valence-electron chi connectivity index (χ2n) is 8.09. The second-order valence-corrected chi connectivity index (χ2v) is 8.09. The van der Waals surface area contributed by atoms with E-state index >= 15 is 0 Å². The van der Waals surface area contributed by atoms with Gasteiger partial charge in [0.05, 0.1) is 11.7 Å². The first kappa shape index (κ1) is 20.3. The number of oxime groups is 1. The molecule has 2 aromatic heterocycles. The standard InChI is InChI=1S/C25H30N4O/c30-27-19-20-13-17-29(18-14-20)16-8-2-1-7-15-26-25-21-9-3-5-11-23(21)28-24-12-6-4-10-22(24)25/h3,5,9,11,13-14,17-19H,1-2,4,6-8,10,12,15-16H2,(H,26,28)/p+1. The van der Waals surface area contributed by atoms with Crippen LogP contribution in [0.4, 0.5) is 5.69 Å². The predicted octanol–water partition coefficient (Wildman–Crippen LogP) is 4.88. The van der Waals surface area contributed by atoms with Crippen molar-refractivity contribution >= 4 is 22.8 Å². The van der Waals surface area contributed by atoms with E-state index < -0.39 is 0 Å². The predicted molar refractivity (Wildman–Crippen MR) is 121 cm³/mol. The first-order valence-corrected chi connectivity index (χ1v) is 11.2. The third-order valence-electron chi connectivity index (χ3n) is 5.94. The Kier molecular flexibility index (Phi) is 6.91. The molecule has 0 fully saturated rings. The normalized spacial score (nSPS) is 13.6. The minimum absolute atomic E-state index is 0.908. The highest BCUT2D eigenvalue weighted by atomic mass is 16.4. The van der Waals surface area contributed by atoms with Crippen LogP contribution in [-0.4, -0.2) is 23.0 Å². The lowest BCUT2D eigenvalue weighted by atomic mass is 9.92. The molecule has 4 rings (SSSR count). The van der Waals surface area contributed by atoms with Crippen molar-refractivity contribution in [3.8, 4) is 0 Å². The molecule has 1 aromatic carbocycles. The van der Waals surface area contributed by atoms with Gasteiger partial charge in [0.1, 0.15) is 6.54 Å². The van der Waals surface area contributed by atoms with Crippen molar-refractivity contribution in [2.75, 3.05) is 11.9 Å². The zero-order chi connectivity index (χ0) is 20.6. The van der Waals surface area contributed by atoms with Crippen LogP contribution in [0, 0.1) is 0 Å². The molecule has 0 atom stereocenters. The van der Waals surface area contributed by atoms with E-state index in [9.17, 15) is 0 Å². The molecule has 2 heterocycles. The lowest BCUT2D eigenvalue weighted by molar-refractivity contribution is -0.697. The maximum Gasteiger partial charge on any atom is 0.169 e. The molecule has 0 saturated carbocycles. The number of rotatable bonds is 9. The number of pyridine rings is 2. The molecule has 30 heavy (non-hydrogen) atoms. The highest BCUT2D eigenvalue weighted by Crippen LogP contribution is 2.33. The molecule has 0 radical (unpaired) electrons. The first-order chi connectivity index (χ1) is 14.8. The summed E-state index contributed by atoms with van der Waals surface area (Å²) < 4.78 is 2.18. The van der Waals surface area contributed by atoms with E-state index in [4.69, 9.17) is 10.2 Å². The van der Waals surface area contributed by atoms with Gasteiger partial charge in [-0.1, -0.05) is 29.8 Å². The summed E-state index contributed by atoms with van der Waals surface area (Å²) in [7, 11) is 0. The third-order valence-corrected chi connectivity index (χ3v) is 5.94. The Bertz CT molecular complexity index is 998. The maximum atomic E-state index is 8.57. The Hall–Kier alpha value is -2.95. The Morgan fingerprint density at radius 2 is 1.80 bits per heavy atom. The topological polar surface area (TPSA) is 61.4 Å². The number of aryl methyl sites for hydroxylation is 2. The molecular weight excluding hydrogens is 372 g/mol. The summed E-state index contributed by atoms with van der Waals surface area (Å²) in [6.07, 6.45) is 15.1. The average Bonchev–Trinajstić information content (AvgIpc) is 2.79. The summed E-state index contributed by atoms with van der Waals surface area (Å²) in [5, 5.41) is 16.7. The molecule has 0 saturated heterocycles. The quantitative estimate of drug-likeness (QED) is 0.176. The largest absolute Gasteiger partial charge is 0.411 e. The molecule has 0 spiro atoms. The maximum absolute atomic E-state index is 8.57. The molecule has 5 nitrogen and oxygen atoms in total. The molecule has 1 aliphatic carbocycles. The van der Waals surface area contributed by atoms with Gasteiger partial charge in [0.15, 0.2) is 12.4 Å². The lowest BCUT2D eigenvalue weighted by Gasteiger charge is -2.21. The van der Waals surface area contributed by atoms with E-state index in [1.54, 1.807) is 0 Å². The Morgan fingerprint density at radius 1 is 1.00 bits per heavy atom. The summed E-state index contributed by atoms with van der Waals surface area (Å²) in [6, 6.07) is 12.5. The Balaban J connectivity index is 1.25. The van der Waals surface area contributed by atoms with Crippen LogP contribution < -0.4 is 9.88 Å². The molecule has 5 heteroatoms. The summed E-state index contributed by atoms with van der Waals surface area (Å²) >= 11 is 0. The highest BCUT2D eigenvalue weighted by molar-refractivity contribution is 5.93. The van der Waals surface area contributed by atoms with E-state index in [-0.39, 0.29) is 0 Å². The Morgan fingerprint density at radius 3 is 2.67 bits per heavy atom. The summed E-state index contributed by atoms with van der Waals surface area (Å²) in [5.41, 5.74) is 6.11. The van der Waals surface area contributed by atoms with Crippen LogP contribution in [0.15, 0.2) is 53.9 Å². The lowest BCUT2D eigenvalue weighted by Crippen LogP contribution is -2.32. The molecule has 0 unspecified atom stereocenters. The van der Waals surface area contributed by atoms with Gasteiger partial charge in [-0.2, -0.15) is 0 Å². The molecular formula is C25H31N4O+. The van der Waals surface area contributed by atoms with Crippen LogP contribution in [-0.2, 0) is 19.4 Å². The molecule has 156 valence electrons. The van der Waals surface area contributed by atoms with Gasteiger partial charge in [-0.3, -0.25) is 4.98 Å². The van der Waals surface area contributed by atoms with Crippen molar-refractivity contribution in [2.45, 2.75) is 57.9 Å². The van der Waals surface area contributed by atoms with Gasteiger partial charge >= 0.3 is 0 Å². The van der Waals surface area contributed by atoms with Crippen LogP contribution in [0.3, 0.4) is 0 Å². The molecule has 0 bridgehead atoms. The van der Waals surface area contributed by atoms with Crippen molar-refractivity contribution < 1.29 is 9.77 Å². The zero-order valence-corrected chi connectivity index (χ0v) is 17.6.